The van der Waals surface area contributed by atoms with Crippen LogP contribution in [0.15, 0.2) is 35.1 Å². The summed E-state index contributed by atoms with van der Waals surface area (Å²) in [7, 11) is 1.58. The third-order valence-electron chi connectivity index (χ3n) is 2.92. The van der Waals surface area contributed by atoms with Crippen LogP contribution in [0.3, 0.4) is 0 Å². The van der Waals surface area contributed by atoms with Crippen LogP contribution in [0.2, 0.25) is 5.02 Å². The molecule has 0 aliphatic heterocycles. The van der Waals surface area contributed by atoms with E-state index in [1.54, 1.807) is 25.3 Å². The van der Waals surface area contributed by atoms with Gasteiger partial charge in [-0.15, -0.1) is 0 Å². The Kier molecular flexibility index (Phi) is 4.89. The van der Waals surface area contributed by atoms with Gasteiger partial charge in [-0.25, -0.2) is 4.68 Å². The van der Waals surface area contributed by atoms with Gasteiger partial charge in [-0.2, -0.15) is 5.10 Å². The van der Waals surface area contributed by atoms with Gasteiger partial charge in [-0.05, 0) is 18.2 Å². The van der Waals surface area contributed by atoms with E-state index < -0.39 is 0 Å². The van der Waals surface area contributed by atoms with Crippen LogP contribution in [0.4, 0.5) is 0 Å². The first-order valence-corrected chi connectivity index (χ1v) is 6.59. The van der Waals surface area contributed by atoms with Gasteiger partial charge in [-0.3, -0.25) is 4.79 Å². The number of benzene rings is 1. The molecule has 106 valence electrons. The molecule has 0 radical (unpaired) electrons. The van der Waals surface area contributed by atoms with E-state index >= 15 is 0 Å². The quantitative estimate of drug-likeness (QED) is 0.910. The summed E-state index contributed by atoms with van der Waals surface area (Å²) < 4.78 is 6.37. The van der Waals surface area contributed by atoms with Gasteiger partial charge < -0.3 is 10.5 Å². The molecule has 0 fully saturated rings. The Bertz CT molecular complexity index is 638. The van der Waals surface area contributed by atoms with Crippen molar-refractivity contribution in [1.82, 2.24) is 9.78 Å². The number of nitrogens with two attached hydrogens (primary N) is 1. The number of halogens is 1. The molecule has 0 aliphatic carbocycles. The third kappa shape index (κ3) is 3.25. The standard InChI is InChI=1S/C14H16ClN3O2/c1-20-7-6-18-14(19)11(9-16)8-13(17-18)10-2-4-12(15)5-3-10/h2-5,8H,6-7,9,16H2,1H3. The fourth-order valence-corrected chi connectivity index (χ4v) is 1.96. The number of aromatic nitrogens is 2. The molecule has 0 saturated heterocycles. The molecule has 20 heavy (non-hydrogen) atoms. The van der Waals surface area contributed by atoms with E-state index in [9.17, 15) is 4.79 Å². The first-order chi connectivity index (χ1) is 9.65. The topological polar surface area (TPSA) is 70.1 Å². The van der Waals surface area contributed by atoms with Crippen LogP contribution in [-0.2, 0) is 17.8 Å². The first kappa shape index (κ1) is 14.7. The highest BCUT2D eigenvalue weighted by Gasteiger charge is 2.09. The summed E-state index contributed by atoms with van der Waals surface area (Å²) in [5, 5.41) is 5.00. The van der Waals surface area contributed by atoms with E-state index in [2.05, 4.69) is 5.10 Å². The molecule has 2 N–H and O–H groups in total. The molecule has 0 spiro atoms. The van der Waals surface area contributed by atoms with Crippen molar-refractivity contribution in [3.05, 3.63) is 51.3 Å². The predicted octanol–water partition coefficient (Wildman–Crippen LogP) is 1.67. The van der Waals surface area contributed by atoms with Crippen LogP contribution in [-0.4, -0.2) is 23.5 Å². The average molecular weight is 294 g/mol. The summed E-state index contributed by atoms with van der Waals surface area (Å²) in [5.41, 5.74) is 7.55. The number of hydrogen-bond donors (Lipinski definition) is 1. The van der Waals surface area contributed by atoms with E-state index in [4.69, 9.17) is 22.1 Å². The second-order valence-corrected chi connectivity index (χ2v) is 4.72. The molecular weight excluding hydrogens is 278 g/mol. The summed E-state index contributed by atoms with van der Waals surface area (Å²) in [6.07, 6.45) is 0. The normalized spacial score (nSPS) is 10.8. The van der Waals surface area contributed by atoms with Crippen LogP contribution < -0.4 is 11.3 Å². The minimum absolute atomic E-state index is 0.176. The highest BCUT2D eigenvalue weighted by atomic mass is 35.5. The van der Waals surface area contributed by atoms with Crippen LogP contribution in [0.5, 0.6) is 0 Å². The van der Waals surface area contributed by atoms with E-state index in [1.165, 1.54) is 4.68 Å². The number of hydrogen-bond acceptors (Lipinski definition) is 4. The summed E-state index contributed by atoms with van der Waals surface area (Å²) in [4.78, 5) is 12.1. The highest BCUT2D eigenvalue weighted by molar-refractivity contribution is 6.30. The maximum absolute atomic E-state index is 12.1. The van der Waals surface area contributed by atoms with Crippen LogP contribution in [0.25, 0.3) is 11.3 Å². The first-order valence-electron chi connectivity index (χ1n) is 6.21. The van der Waals surface area contributed by atoms with Crippen LogP contribution >= 0.6 is 11.6 Å². The predicted molar refractivity (Wildman–Crippen MR) is 78.7 cm³/mol. The smallest absolute Gasteiger partial charge is 0.271 e. The second kappa shape index (κ2) is 6.65. The highest BCUT2D eigenvalue weighted by Crippen LogP contribution is 2.19. The van der Waals surface area contributed by atoms with Crippen molar-refractivity contribution >= 4 is 11.6 Å². The molecule has 0 atom stereocenters. The summed E-state index contributed by atoms with van der Waals surface area (Å²) in [5.74, 6) is 0. The van der Waals surface area contributed by atoms with Gasteiger partial charge in [-0.1, -0.05) is 23.7 Å². The summed E-state index contributed by atoms with van der Waals surface area (Å²) in [6, 6.07) is 9.00. The molecule has 2 aromatic rings. The van der Waals surface area contributed by atoms with Crippen molar-refractivity contribution in [1.29, 1.82) is 0 Å². The van der Waals surface area contributed by atoms with Crippen molar-refractivity contribution < 1.29 is 4.74 Å². The molecule has 2 rings (SSSR count). The molecule has 0 bridgehead atoms. The van der Waals surface area contributed by atoms with Crippen LogP contribution in [0.1, 0.15) is 5.56 Å². The Morgan fingerprint density at radius 3 is 2.65 bits per heavy atom. The molecule has 1 heterocycles. The lowest BCUT2D eigenvalue weighted by molar-refractivity contribution is 0.182. The van der Waals surface area contributed by atoms with Gasteiger partial charge in [0.2, 0.25) is 0 Å². The van der Waals surface area contributed by atoms with Crippen LogP contribution in [0, 0.1) is 0 Å². The molecular formula is C14H16ClN3O2. The number of rotatable bonds is 5. The van der Waals surface area contributed by atoms with Gasteiger partial charge in [0.25, 0.3) is 5.56 Å². The molecule has 6 heteroatoms. The maximum Gasteiger partial charge on any atom is 0.271 e. The van der Waals surface area contributed by atoms with Crippen molar-refractivity contribution in [2.24, 2.45) is 5.73 Å². The lowest BCUT2D eigenvalue weighted by Crippen LogP contribution is -2.29. The summed E-state index contributed by atoms with van der Waals surface area (Å²) >= 11 is 5.87. The zero-order valence-electron chi connectivity index (χ0n) is 11.2. The molecule has 1 aromatic heterocycles. The Morgan fingerprint density at radius 2 is 2.05 bits per heavy atom. The minimum Gasteiger partial charge on any atom is -0.383 e. The molecule has 0 unspecified atom stereocenters. The Labute approximate surface area is 121 Å². The lowest BCUT2D eigenvalue weighted by Gasteiger charge is -2.09. The number of ether oxygens (including phenoxy) is 1. The van der Waals surface area contributed by atoms with E-state index in [0.717, 1.165) is 5.56 Å². The Hall–Kier alpha value is -1.69. The average Bonchev–Trinajstić information content (AvgIpc) is 2.47. The van der Waals surface area contributed by atoms with E-state index in [-0.39, 0.29) is 12.1 Å². The lowest BCUT2D eigenvalue weighted by atomic mass is 10.1. The Morgan fingerprint density at radius 1 is 1.35 bits per heavy atom. The minimum atomic E-state index is -0.178. The van der Waals surface area contributed by atoms with Crippen molar-refractivity contribution in [3.63, 3.8) is 0 Å². The van der Waals surface area contributed by atoms with Crippen molar-refractivity contribution in [3.8, 4) is 11.3 Å². The van der Waals surface area contributed by atoms with Gasteiger partial charge in [0, 0.05) is 29.8 Å². The van der Waals surface area contributed by atoms with E-state index in [1.807, 2.05) is 12.1 Å². The largest absolute Gasteiger partial charge is 0.383 e. The third-order valence-corrected chi connectivity index (χ3v) is 3.17. The maximum atomic E-state index is 12.1. The molecule has 0 aliphatic rings. The molecule has 0 saturated carbocycles. The zero-order chi connectivity index (χ0) is 14.5. The van der Waals surface area contributed by atoms with Gasteiger partial charge >= 0.3 is 0 Å². The second-order valence-electron chi connectivity index (χ2n) is 4.29. The fourth-order valence-electron chi connectivity index (χ4n) is 1.83. The van der Waals surface area contributed by atoms with Gasteiger partial charge in [0.05, 0.1) is 18.8 Å². The number of methoxy groups -OCH3 is 1. The van der Waals surface area contributed by atoms with Gasteiger partial charge in [0.15, 0.2) is 0 Å². The van der Waals surface area contributed by atoms with Gasteiger partial charge in [0.1, 0.15) is 0 Å². The summed E-state index contributed by atoms with van der Waals surface area (Å²) in [6.45, 7) is 0.986. The molecule has 5 nitrogen and oxygen atoms in total. The van der Waals surface area contributed by atoms with E-state index in [0.29, 0.717) is 29.4 Å². The zero-order valence-corrected chi connectivity index (χ0v) is 11.9. The molecule has 0 amide bonds. The molecule has 1 aromatic carbocycles. The Balaban J connectivity index is 2.47. The number of nitrogens with zero attached hydrogens (tertiary/aromatic N) is 2. The fraction of sp³-hybridized carbons (Fsp3) is 0.286. The SMILES string of the molecule is COCCn1nc(-c2ccc(Cl)cc2)cc(CN)c1=O. The van der Waals surface area contributed by atoms with Crippen molar-refractivity contribution in [2.45, 2.75) is 13.1 Å². The monoisotopic (exact) mass is 293 g/mol. The van der Waals surface area contributed by atoms with Crippen molar-refractivity contribution in [2.75, 3.05) is 13.7 Å².